The molecular weight excluding hydrogens is 402 g/mol. The Kier molecular flexibility index (Phi) is 5.79. The van der Waals surface area contributed by atoms with Crippen molar-refractivity contribution in [3.05, 3.63) is 131 Å². The van der Waals surface area contributed by atoms with Crippen molar-refractivity contribution in [1.82, 2.24) is 0 Å². The second-order valence-electron chi connectivity index (χ2n) is 8.38. The van der Waals surface area contributed by atoms with E-state index in [0.717, 1.165) is 16.9 Å². The molecule has 0 aromatic heterocycles. The summed E-state index contributed by atoms with van der Waals surface area (Å²) in [5.74, 6) is 0.668. The fraction of sp³-hybridized carbons (Fsp3) is 0.129. The number of benzene rings is 4. The summed E-state index contributed by atoms with van der Waals surface area (Å²) in [4.78, 5) is 0. The Morgan fingerprint density at radius 2 is 1.36 bits per heavy atom. The smallest absolute Gasteiger partial charge is 0.118 e. The Bertz CT molecular complexity index is 1320. The van der Waals surface area contributed by atoms with Gasteiger partial charge in [0.25, 0.3) is 0 Å². The van der Waals surface area contributed by atoms with Crippen molar-refractivity contribution < 1.29 is 4.74 Å². The molecule has 0 N–H and O–H groups in total. The summed E-state index contributed by atoms with van der Waals surface area (Å²) in [6.07, 6.45) is 4.42. The van der Waals surface area contributed by atoms with Gasteiger partial charge in [-0.05, 0) is 45.5 Å². The van der Waals surface area contributed by atoms with Crippen LogP contribution < -0.4 is 4.74 Å². The first-order valence-electron chi connectivity index (χ1n) is 11.2. The fourth-order valence-electron chi connectivity index (χ4n) is 5.01. The van der Waals surface area contributed by atoms with Gasteiger partial charge in [0.05, 0.1) is 19.1 Å². The van der Waals surface area contributed by atoms with Crippen molar-refractivity contribution in [3.8, 4) is 22.9 Å². The second kappa shape index (κ2) is 9.18. The quantitative estimate of drug-likeness (QED) is 0.329. The number of nitriles is 1. The van der Waals surface area contributed by atoms with Crippen LogP contribution in [0.5, 0.6) is 5.75 Å². The topological polar surface area (TPSA) is 33.0 Å². The largest absolute Gasteiger partial charge is 0.497 e. The Labute approximate surface area is 195 Å². The molecule has 33 heavy (non-hydrogen) atoms. The lowest BCUT2D eigenvalue weighted by molar-refractivity contribution is 0.415. The molecule has 1 aliphatic carbocycles. The maximum atomic E-state index is 10.4. The molecule has 0 aliphatic heterocycles. The lowest BCUT2D eigenvalue weighted by Gasteiger charge is -2.36. The van der Waals surface area contributed by atoms with Crippen LogP contribution in [0.25, 0.3) is 17.2 Å². The molecule has 0 radical (unpaired) electrons. The van der Waals surface area contributed by atoms with E-state index in [0.29, 0.717) is 0 Å². The van der Waals surface area contributed by atoms with E-state index in [4.69, 9.17) is 4.74 Å². The highest BCUT2D eigenvalue weighted by molar-refractivity contribution is 5.76. The Morgan fingerprint density at radius 1 is 0.758 bits per heavy atom. The first-order valence-corrected chi connectivity index (χ1v) is 11.2. The minimum absolute atomic E-state index is 0.0120. The number of hydrogen-bond donors (Lipinski definition) is 0. The van der Waals surface area contributed by atoms with E-state index in [2.05, 4.69) is 97.1 Å². The van der Waals surface area contributed by atoms with E-state index in [9.17, 15) is 5.26 Å². The summed E-state index contributed by atoms with van der Waals surface area (Å²) in [6, 6.07) is 38.2. The van der Waals surface area contributed by atoms with Gasteiger partial charge in [0.1, 0.15) is 5.75 Å². The van der Waals surface area contributed by atoms with Crippen molar-refractivity contribution in [2.45, 2.75) is 17.8 Å². The molecule has 2 heteroatoms. The number of allylic oxidation sites excluding steroid dienone is 1. The Balaban J connectivity index is 1.65. The average Bonchev–Trinajstić information content (AvgIpc) is 2.89. The second-order valence-corrected chi connectivity index (χ2v) is 8.38. The van der Waals surface area contributed by atoms with Crippen molar-refractivity contribution in [2.75, 3.05) is 7.11 Å². The van der Waals surface area contributed by atoms with E-state index in [-0.39, 0.29) is 17.8 Å². The van der Waals surface area contributed by atoms with Crippen LogP contribution in [-0.2, 0) is 0 Å². The Morgan fingerprint density at radius 3 is 2.03 bits per heavy atom. The number of rotatable bonds is 5. The zero-order chi connectivity index (χ0) is 22.6. The normalized spacial score (nSPS) is 17.6. The average molecular weight is 428 g/mol. The van der Waals surface area contributed by atoms with Crippen LogP contribution in [-0.4, -0.2) is 7.11 Å². The number of hydrogen-bond acceptors (Lipinski definition) is 2. The van der Waals surface area contributed by atoms with Crippen LogP contribution >= 0.6 is 0 Å². The van der Waals surface area contributed by atoms with Gasteiger partial charge >= 0.3 is 0 Å². The van der Waals surface area contributed by atoms with Crippen LogP contribution in [0.1, 0.15) is 40.0 Å². The molecule has 1 aliphatic rings. The van der Waals surface area contributed by atoms with E-state index < -0.39 is 0 Å². The van der Waals surface area contributed by atoms with Gasteiger partial charge < -0.3 is 4.74 Å². The fourth-order valence-corrected chi connectivity index (χ4v) is 5.01. The first kappa shape index (κ1) is 20.8. The van der Waals surface area contributed by atoms with Crippen LogP contribution in [0, 0.1) is 11.3 Å². The minimum Gasteiger partial charge on any atom is -0.497 e. The highest BCUT2D eigenvalue weighted by Gasteiger charge is 2.38. The summed E-state index contributed by atoms with van der Waals surface area (Å²) < 4.78 is 5.30. The maximum absolute atomic E-state index is 10.4. The Hall–Kier alpha value is -4.09. The monoisotopic (exact) mass is 427 g/mol. The van der Waals surface area contributed by atoms with Crippen molar-refractivity contribution in [2.24, 2.45) is 0 Å². The molecule has 5 rings (SSSR count). The van der Waals surface area contributed by atoms with Gasteiger partial charge in [-0.15, -0.1) is 0 Å². The molecule has 0 fully saturated rings. The van der Waals surface area contributed by atoms with Crippen LogP contribution in [0.15, 0.2) is 109 Å². The summed E-state index contributed by atoms with van der Waals surface area (Å²) in [6.45, 7) is 0. The molecule has 2 nitrogen and oxygen atoms in total. The summed E-state index contributed by atoms with van der Waals surface area (Å²) in [7, 11) is 1.68. The number of methoxy groups -OCH3 is 1. The molecule has 160 valence electrons. The zero-order valence-electron chi connectivity index (χ0n) is 18.6. The van der Waals surface area contributed by atoms with Gasteiger partial charge in [-0.2, -0.15) is 5.26 Å². The van der Waals surface area contributed by atoms with Crippen molar-refractivity contribution in [3.63, 3.8) is 0 Å². The van der Waals surface area contributed by atoms with Crippen molar-refractivity contribution in [1.29, 1.82) is 5.26 Å². The standard InChI is InChI=1S/C31H25NO/c1-33-24-18-15-22(16-19-24)17-20-25(23-9-3-2-4-10-23)31-29-14-8-7-12-27(29)26-11-5-6-13-28(26)30(31)21-32/h2-20,25,30-31H,1H3/b20-17+/t25-,30+,31+/m1/s1. The van der Waals surface area contributed by atoms with Crippen LogP contribution in [0.3, 0.4) is 0 Å². The van der Waals surface area contributed by atoms with Crippen molar-refractivity contribution >= 4 is 6.08 Å². The number of nitrogens with zero attached hydrogens (tertiary/aromatic N) is 1. The summed E-state index contributed by atoms with van der Waals surface area (Å²) >= 11 is 0. The molecule has 4 aromatic carbocycles. The van der Waals surface area contributed by atoms with Crippen LogP contribution in [0.4, 0.5) is 0 Å². The first-order chi connectivity index (χ1) is 16.3. The third-order valence-electron chi connectivity index (χ3n) is 6.59. The zero-order valence-corrected chi connectivity index (χ0v) is 18.6. The lowest BCUT2D eigenvalue weighted by atomic mass is 9.65. The number of fused-ring (bicyclic) bond motifs is 3. The third-order valence-corrected chi connectivity index (χ3v) is 6.59. The summed E-state index contributed by atoms with van der Waals surface area (Å²) in [5, 5.41) is 10.4. The molecule has 0 spiro atoms. The van der Waals surface area contributed by atoms with E-state index in [1.165, 1.54) is 22.3 Å². The predicted octanol–water partition coefficient (Wildman–Crippen LogP) is 7.56. The van der Waals surface area contributed by atoms with E-state index >= 15 is 0 Å². The van der Waals surface area contributed by atoms with E-state index in [1.807, 2.05) is 24.3 Å². The molecule has 0 heterocycles. The molecule has 0 bridgehead atoms. The SMILES string of the molecule is COc1ccc(/C=C/[C@H](c2ccccc2)[C@H]2c3ccccc3-c3ccccc3[C@@H]2C#N)cc1. The molecule has 0 unspecified atom stereocenters. The molecular formula is C31H25NO. The lowest BCUT2D eigenvalue weighted by Crippen LogP contribution is -2.22. The van der Waals surface area contributed by atoms with Gasteiger partial charge in [-0.3, -0.25) is 0 Å². The summed E-state index contributed by atoms with van der Waals surface area (Å²) in [5.41, 5.74) is 7.06. The van der Waals surface area contributed by atoms with Gasteiger partial charge in [0.15, 0.2) is 0 Å². The van der Waals surface area contributed by atoms with Gasteiger partial charge in [0.2, 0.25) is 0 Å². The van der Waals surface area contributed by atoms with E-state index in [1.54, 1.807) is 7.11 Å². The highest BCUT2D eigenvalue weighted by Crippen LogP contribution is 2.52. The van der Waals surface area contributed by atoms with Gasteiger partial charge in [-0.1, -0.05) is 103 Å². The minimum atomic E-state index is -0.234. The number of ether oxygens (including phenoxy) is 1. The van der Waals surface area contributed by atoms with Gasteiger partial charge in [0, 0.05) is 11.8 Å². The molecule has 0 amide bonds. The maximum Gasteiger partial charge on any atom is 0.118 e. The van der Waals surface area contributed by atoms with Gasteiger partial charge in [-0.25, -0.2) is 0 Å². The molecule has 0 saturated carbocycles. The predicted molar refractivity (Wildman–Crippen MR) is 134 cm³/mol. The highest BCUT2D eigenvalue weighted by atomic mass is 16.5. The van der Waals surface area contributed by atoms with Crippen LogP contribution in [0.2, 0.25) is 0 Å². The third kappa shape index (κ3) is 3.95. The molecule has 4 aromatic rings. The molecule has 0 saturated heterocycles. The molecule has 3 atom stereocenters.